The monoisotopic (exact) mass is 943 g/mol. The smallest absolute Gasteiger partial charge is 0.309 e. The molecule has 66 heavy (non-hydrogen) atoms. The number of aliphatic hydroxyl groups is 2. The summed E-state index contributed by atoms with van der Waals surface area (Å²) in [7, 11) is 0. The summed E-state index contributed by atoms with van der Waals surface area (Å²) >= 11 is 0. The summed E-state index contributed by atoms with van der Waals surface area (Å²) in [6, 6.07) is 0. The van der Waals surface area contributed by atoms with Crippen molar-refractivity contribution in [3.63, 3.8) is 0 Å². The van der Waals surface area contributed by atoms with Crippen molar-refractivity contribution in [2.75, 3.05) is 33.0 Å². The Hall–Kier alpha value is -2.81. The maximum atomic E-state index is 14.2. The molecular weight excluding hydrogens is 849 g/mol. The largest absolute Gasteiger partial charge is 0.462 e. The number of hydrogen-bond donors (Lipinski definition) is 2. The van der Waals surface area contributed by atoms with E-state index in [1.807, 2.05) is 69.2 Å². The van der Waals surface area contributed by atoms with E-state index >= 15 is 0 Å². The number of unbranched alkanes of at least 4 members (excludes halogenated alkanes) is 5. The lowest BCUT2D eigenvalue weighted by Crippen LogP contribution is -2.59. The van der Waals surface area contributed by atoms with Crippen LogP contribution in [0.25, 0.3) is 0 Å². The van der Waals surface area contributed by atoms with Gasteiger partial charge in [-0.1, -0.05) is 133 Å². The molecule has 1 rings (SSSR count). The van der Waals surface area contributed by atoms with Crippen molar-refractivity contribution in [1.29, 1.82) is 0 Å². The van der Waals surface area contributed by atoms with Crippen LogP contribution in [0, 0.1) is 29.6 Å². The Labute approximate surface area is 399 Å². The Morgan fingerprint density at radius 2 is 0.970 bits per heavy atom. The zero-order valence-corrected chi connectivity index (χ0v) is 43.0. The molecule has 0 radical (unpaired) electrons. The fraction of sp³-hybridized carbons (Fsp3) is 0.904. The Morgan fingerprint density at radius 1 is 0.561 bits per heavy atom. The first-order chi connectivity index (χ1) is 31.7. The second kappa shape index (κ2) is 35.3. The predicted octanol–water partition coefficient (Wildman–Crippen LogP) is 9.79. The Bertz CT molecular complexity index is 1340. The van der Waals surface area contributed by atoms with Gasteiger partial charge in [0.15, 0.2) is 18.3 Å². The molecule has 1 aliphatic rings. The van der Waals surface area contributed by atoms with E-state index in [1.165, 1.54) is 0 Å². The van der Waals surface area contributed by atoms with Crippen molar-refractivity contribution in [1.82, 2.24) is 0 Å². The van der Waals surface area contributed by atoms with Crippen molar-refractivity contribution >= 4 is 29.8 Å². The van der Waals surface area contributed by atoms with Crippen molar-refractivity contribution in [2.24, 2.45) is 29.6 Å². The Kier molecular flexibility index (Phi) is 32.8. The maximum absolute atomic E-state index is 14.2. The first-order valence-corrected chi connectivity index (χ1v) is 26.2. The van der Waals surface area contributed by atoms with Crippen molar-refractivity contribution in [2.45, 2.75) is 240 Å². The zero-order chi connectivity index (χ0) is 49.5. The van der Waals surface area contributed by atoms with E-state index in [0.29, 0.717) is 64.2 Å². The molecule has 386 valence electrons. The molecule has 0 aliphatic carbocycles. The molecule has 11 atom stereocenters. The van der Waals surface area contributed by atoms with E-state index in [9.17, 15) is 34.2 Å². The minimum Gasteiger partial charge on any atom is -0.462 e. The highest BCUT2D eigenvalue weighted by atomic mass is 16.7. The van der Waals surface area contributed by atoms with Crippen LogP contribution in [0.15, 0.2) is 0 Å². The standard InChI is InChI=1S/C52H94O14/c1-11-21-26-37(16-6)47(55)61-33-43(64-49(57)39(18-8)28-23-13-3)34-63-52(31-42(54)32-53,36-62-48(56)38(17-7)27-22-12-2)46-45(66-51(59)41(20-10)30-25-15-5)44(35-60-46)65-50(58)40(19-9)29-24-14-4/h37-46,53-54H,11-36H2,1-10H3/t37?,38?,39?,40?,41?,42?,43?,44-,45+,46-,52+/m0/s1. The number of rotatable bonds is 39. The van der Waals surface area contributed by atoms with Crippen LogP contribution in [-0.2, 0) is 57.1 Å². The highest BCUT2D eigenvalue weighted by Crippen LogP contribution is 2.38. The fourth-order valence-electron chi connectivity index (χ4n) is 8.59. The minimum atomic E-state index is -1.89. The molecule has 7 unspecified atom stereocenters. The Balaban J connectivity index is 4.04. The molecule has 14 nitrogen and oxygen atoms in total. The molecule has 1 aliphatic heterocycles. The van der Waals surface area contributed by atoms with E-state index in [-0.39, 0.29) is 19.1 Å². The van der Waals surface area contributed by atoms with Crippen LogP contribution >= 0.6 is 0 Å². The number of ether oxygens (including phenoxy) is 7. The highest BCUT2D eigenvalue weighted by molar-refractivity contribution is 5.75. The average molecular weight is 943 g/mol. The number of carbonyl (C=O) groups excluding carboxylic acids is 5. The molecule has 0 spiro atoms. The second-order valence-electron chi connectivity index (χ2n) is 18.6. The van der Waals surface area contributed by atoms with Crippen molar-refractivity contribution < 1.29 is 67.3 Å². The molecular formula is C52H94O14. The van der Waals surface area contributed by atoms with Crippen LogP contribution in [0.5, 0.6) is 0 Å². The number of esters is 5. The molecule has 14 heteroatoms. The van der Waals surface area contributed by atoms with Gasteiger partial charge in [0, 0.05) is 6.42 Å². The van der Waals surface area contributed by atoms with Crippen LogP contribution in [0.4, 0.5) is 0 Å². The molecule has 0 aromatic heterocycles. The molecule has 0 bridgehead atoms. The second-order valence-corrected chi connectivity index (χ2v) is 18.6. The molecule has 1 saturated heterocycles. The molecule has 0 aromatic rings. The third-order valence-corrected chi connectivity index (χ3v) is 13.3. The van der Waals surface area contributed by atoms with E-state index in [1.54, 1.807) is 0 Å². The summed E-state index contributed by atoms with van der Waals surface area (Å²) < 4.78 is 44.0. The third-order valence-electron chi connectivity index (χ3n) is 13.3. The molecule has 0 saturated carbocycles. The van der Waals surface area contributed by atoms with Gasteiger partial charge in [0.25, 0.3) is 0 Å². The van der Waals surface area contributed by atoms with Gasteiger partial charge in [-0.15, -0.1) is 0 Å². The predicted molar refractivity (Wildman–Crippen MR) is 254 cm³/mol. The average Bonchev–Trinajstić information content (AvgIpc) is 3.71. The van der Waals surface area contributed by atoms with Crippen LogP contribution in [0.1, 0.15) is 204 Å². The molecule has 1 heterocycles. The first-order valence-electron chi connectivity index (χ1n) is 26.2. The van der Waals surface area contributed by atoms with E-state index in [4.69, 9.17) is 33.2 Å². The fourth-order valence-corrected chi connectivity index (χ4v) is 8.59. The SMILES string of the molecule is CCCCC(CC)C(=O)OCC(CO[C@@](COC(=O)C(CC)CCCC)(CC(O)CO)[C@H]1OC[C@H](OC(=O)C(CC)CCCC)[C@H]1OC(=O)C(CC)CCCC)OC(=O)C(CC)CCCC. The van der Waals surface area contributed by atoms with Crippen LogP contribution in [-0.4, -0.2) is 109 Å². The van der Waals surface area contributed by atoms with Gasteiger partial charge in [-0.2, -0.15) is 0 Å². The lowest BCUT2D eigenvalue weighted by Gasteiger charge is -2.42. The normalized spacial score (nSPS) is 20.2. The Morgan fingerprint density at radius 3 is 1.39 bits per heavy atom. The van der Waals surface area contributed by atoms with Gasteiger partial charge < -0.3 is 43.4 Å². The van der Waals surface area contributed by atoms with Crippen LogP contribution in [0.3, 0.4) is 0 Å². The minimum absolute atomic E-state index is 0.214. The first kappa shape index (κ1) is 61.2. The highest BCUT2D eigenvalue weighted by Gasteiger charge is 2.57. The van der Waals surface area contributed by atoms with Gasteiger partial charge >= 0.3 is 29.8 Å². The third kappa shape index (κ3) is 21.2. The summed E-state index contributed by atoms with van der Waals surface area (Å²) in [5.74, 6) is -4.49. The van der Waals surface area contributed by atoms with Crippen molar-refractivity contribution in [3.05, 3.63) is 0 Å². The summed E-state index contributed by atoms with van der Waals surface area (Å²) in [5, 5.41) is 21.7. The quantitative estimate of drug-likeness (QED) is 0.0437. The number of aliphatic hydroxyl groups excluding tert-OH is 2. The van der Waals surface area contributed by atoms with E-state index < -0.39 is 116 Å². The van der Waals surface area contributed by atoms with Gasteiger partial charge in [0.2, 0.25) is 0 Å². The van der Waals surface area contributed by atoms with Gasteiger partial charge in [-0.05, 0) is 64.2 Å². The van der Waals surface area contributed by atoms with E-state index in [2.05, 4.69) is 0 Å². The summed E-state index contributed by atoms with van der Waals surface area (Å²) in [6.45, 7) is 17.5. The lowest BCUT2D eigenvalue weighted by atomic mass is 9.86. The lowest BCUT2D eigenvalue weighted by molar-refractivity contribution is -0.221. The van der Waals surface area contributed by atoms with Crippen molar-refractivity contribution in [3.8, 4) is 0 Å². The summed E-state index contributed by atoms with van der Waals surface area (Å²) in [6.07, 6.45) is 7.39. The summed E-state index contributed by atoms with van der Waals surface area (Å²) in [5.41, 5.74) is -1.89. The molecule has 2 N–H and O–H groups in total. The molecule has 1 fully saturated rings. The maximum Gasteiger partial charge on any atom is 0.309 e. The topological polar surface area (TPSA) is 190 Å². The molecule has 0 aromatic carbocycles. The van der Waals surface area contributed by atoms with Crippen LogP contribution in [0.2, 0.25) is 0 Å². The number of hydrogen-bond acceptors (Lipinski definition) is 14. The molecule has 0 amide bonds. The van der Waals surface area contributed by atoms with Crippen LogP contribution < -0.4 is 0 Å². The van der Waals surface area contributed by atoms with Gasteiger partial charge in [0.05, 0.1) is 55.5 Å². The van der Waals surface area contributed by atoms with Gasteiger partial charge in [-0.3, -0.25) is 24.0 Å². The summed E-state index contributed by atoms with van der Waals surface area (Å²) in [4.78, 5) is 69.2. The van der Waals surface area contributed by atoms with Gasteiger partial charge in [-0.25, -0.2) is 0 Å². The zero-order valence-electron chi connectivity index (χ0n) is 43.0. The number of carbonyl (C=O) groups is 5. The van der Waals surface area contributed by atoms with Gasteiger partial charge in [0.1, 0.15) is 24.9 Å². The van der Waals surface area contributed by atoms with E-state index in [0.717, 1.165) is 64.2 Å².